The van der Waals surface area contributed by atoms with Crippen LogP contribution in [-0.2, 0) is 9.47 Å². The second-order valence-corrected chi connectivity index (χ2v) is 3.91. The van der Waals surface area contributed by atoms with E-state index in [2.05, 4.69) is 9.98 Å². The van der Waals surface area contributed by atoms with Gasteiger partial charge in [0.25, 0.3) is 0 Å². The average molecular weight is 294 g/mol. The van der Waals surface area contributed by atoms with Gasteiger partial charge in [0.15, 0.2) is 11.5 Å². The summed E-state index contributed by atoms with van der Waals surface area (Å²) in [5, 5.41) is 0. The third-order valence-electron chi connectivity index (χ3n) is 2.59. The Hall–Kier alpha value is -2.24. The molecule has 1 heterocycles. The van der Waals surface area contributed by atoms with Crippen LogP contribution in [0.15, 0.2) is 23.2 Å². The molecule has 0 unspecified atom stereocenters. The van der Waals surface area contributed by atoms with Crippen LogP contribution in [0.3, 0.4) is 0 Å². The number of hydrogen-bond acceptors (Lipinski definition) is 5. The molecular weight excluding hydrogens is 275 g/mol. The number of halogens is 1. The van der Waals surface area contributed by atoms with Crippen LogP contribution in [-0.4, -0.2) is 37.1 Å². The smallest absolute Gasteiger partial charge is 0.360 e. The van der Waals surface area contributed by atoms with Gasteiger partial charge in [0.05, 0.1) is 24.5 Å². The van der Waals surface area contributed by atoms with Gasteiger partial charge in [0.1, 0.15) is 0 Å². The van der Waals surface area contributed by atoms with Gasteiger partial charge < -0.3 is 9.47 Å². The minimum absolute atomic E-state index is 0.154. The number of carbonyl (C=O) groups is 1. The van der Waals surface area contributed by atoms with Crippen LogP contribution in [0.25, 0.3) is 5.57 Å². The summed E-state index contributed by atoms with van der Waals surface area (Å²) in [6.07, 6.45) is 1.74. The van der Waals surface area contributed by atoms with Crippen LogP contribution >= 0.6 is 0 Å². The Bertz CT molecular complexity index is 568. The molecule has 0 radical (unpaired) electrons. The first kappa shape index (κ1) is 16.8. The summed E-state index contributed by atoms with van der Waals surface area (Å²) in [7, 11) is 1.59. The van der Waals surface area contributed by atoms with Crippen LogP contribution < -0.4 is 0 Å². The highest BCUT2D eigenvalue weighted by Gasteiger charge is 2.19. The maximum atomic E-state index is 13.7. The number of pyridine rings is 1. The Morgan fingerprint density at radius 1 is 1.33 bits per heavy atom. The molecule has 21 heavy (non-hydrogen) atoms. The van der Waals surface area contributed by atoms with Crippen molar-refractivity contribution < 1.29 is 18.7 Å². The van der Waals surface area contributed by atoms with Gasteiger partial charge in [-0.2, -0.15) is 0 Å². The zero-order valence-electron chi connectivity index (χ0n) is 12.6. The standard InChI is InChI=1S/C15H19FN2O3/c1-5-10(14(17-4)20-6-2)12-9-8-11(16)13(18-12)15(19)21-7-3/h5,8-9H,6-7H2,1-4H3/b10-5-,17-14?. The van der Waals surface area contributed by atoms with Crippen molar-refractivity contribution in [3.05, 3.63) is 35.4 Å². The first-order chi connectivity index (χ1) is 10.1. The molecule has 0 atom stereocenters. The van der Waals surface area contributed by atoms with E-state index in [0.29, 0.717) is 23.8 Å². The van der Waals surface area contributed by atoms with Gasteiger partial charge in [-0.15, -0.1) is 0 Å². The van der Waals surface area contributed by atoms with E-state index in [1.54, 1.807) is 27.0 Å². The Morgan fingerprint density at radius 2 is 2.00 bits per heavy atom. The normalized spacial score (nSPS) is 12.2. The fraction of sp³-hybridized carbons (Fsp3) is 0.400. The summed E-state index contributed by atoms with van der Waals surface area (Å²) >= 11 is 0. The molecule has 6 heteroatoms. The second kappa shape index (κ2) is 8.14. The zero-order valence-corrected chi connectivity index (χ0v) is 12.6. The molecule has 0 fully saturated rings. The highest BCUT2D eigenvalue weighted by atomic mass is 19.1. The number of allylic oxidation sites excluding steroid dienone is 1. The molecular formula is C15H19FN2O3. The van der Waals surface area contributed by atoms with Crippen molar-refractivity contribution in [3.63, 3.8) is 0 Å². The number of rotatable bonds is 5. The fourth-order valence-corrected chi connectivity index (χ4v) is 1.72. The Balaban J connectivity index is 3.24. The topological polar surface area (TPSA) is 60.8 Å². The second-order valence-electron chi connectivity index (χ2n) is 3.91. The average Bonchev–Trinajstić information content (AvgIpc) is 2.48. The largest absolute Gasteiger partial charge is 0.478 e. The highest BCUT2D eigenvalue weighted by molar-refractivity contribution is 6.19. The van der Waals surface area contributed by atoms with Crippen LogP contribution in [0.1, 0.15) is 37.0 Å². The molecule has 0 amide bonds. The molecule has 0 spiro atoms. The molecule has 5 nitrogen and oxygen atoms in total. The molecule has 0 aliphatic carbocycles. The van der Waals surface area contributed by atoms with Gasteiger partial charge in [0.2, 0.25) is 5.90 Å². The third kappa shape index (κ3) is 4.11. The lowest BCUT2D eigenvalue weighted by atomic mass is 10.1. The number of esters is 1. The van der Waals surface area contributed by atoms with E-state index in [4.69, 9.17) is 9.47 Å². The van der Waals surface area contributed by atoms with Crippen molar-refractivity contribution in [2.45, 2.75) is 20.8 Å². The number of aliphatic imine (C=N–C) groups is 1. The number of ether oxygens (including phenoxy) is 2. The van der Waals surface area contributed by atoms with E-state index >= 15 is 0 Å². The molecule has 0 aliphatic heterocycles. The predicted octanol–water partition coefficient (Wildman–Crippen LogP) is 2.87. The van der Waals surface area contributed by atoms with Crippen molar-refractivity contribution >= 4 is 17.4 Å². The van der Waals surface area contributed by atoms with Gasteiger partial charge in [-0.25, -0.2) is 14.2 Å². The summed E-state index contributed by atoms with van der Waals surface area (Å²) in [6.45, 7) is 5.86. The lowest BCUT2D eigenvalue weighted by molar-refractivity contribution is 0.0513. The summed E-state index contributed by atoms with van der Waals surface area (Å²) < 4.78 is 23.9. The molecule has 1 aromatic rings. The molecule has 0 N–H and O–H groups in total. The van der Waals surface area contributed by atoms with E-state index in [1.165, 1.54) is 12.1 Å². The van der Waals surface area contributed by atoms with E-state index in [9.17, 15) is 9.18 Å². The SMILES string of the molecule is C/C=C(\C(=NC)OCC)c1ccc(F)c(C(=O)OCC)n1. The number of hydrogen-bond donors (Lipinski definition) is 0. The predicted molar refractivity (Wildman–Crippen MR) is 78.8 cm³/mol. The fourth-order valence-electron chi connectivity index (χ4n) is 1.72. The minimum atomic E-state index is -0.793. The maximum Gasteiger partial charge on any atom is 0.360 e. The van der Waals surface area contributed by atoms with E-state index < -0.39 is 11.8 Å². The summed E-state index contributed by atoms with van der Waals surface area (Å²) in [5.74, 6) is -1.13. The third-order valence-corrected chi connectivity index (χ3v) is 2.59. The Kier molecular flexibility index (Phi) is 6.52. The van der Waals surface area contributed by atoms with Gasteiger partial charge in [-0.1, -0.05) is 6.08 Å². The minimum Gasteiger partial charge on any atom is -0.478 e. The highest BCUT2D eigenvalue weighted by Crippen LogP contribution is 2.18. The summed E-state index contributed by atoms with van der Waals surface area (Å²) in [4.78, 5) is 19.8. The molecule has 0 aliphatic rings. The molecule has 114 valence electrons. The molecule has 1 aromatic heterocycles. The monoisotopic (exact) mass is 294 g/mol. The first-order valence-corrected chi connectivity index (χ1v) is 6.69. The molecule has 0 saturated heterocycles. The Labute approximate surface area is 123 Å². The molecule has 1 rings (SSSR count). The molecule has 0 bridgehead atoms. The van der Waals surface area contributed by atoms with Crippen molar-refractivity contribution in [2.75, 3.05) is 20.3 Å². The van der Waals surface area contributed by atoms with Gasteiger partial charge in [-0.3, -0.25) is 4.99 Å². The van der Waals surface area contributed by atoms with E-state index in [0.717, 1.165) is 0 Å². The van der Waals surface area contributed by atoms with Crippen LogP contribution in [0.4, 0.5) is 4.39 Å². The van der Waals surface area contributed by atoms with Gasteiger partial charge in [0, 0.05) is 7.05 Å². The molecule has 0 aromatic carbocycles. The van der Waals surface area contributed by atoms with Gasteiger partial charge in [-0.05, 0) is 32.9 Å². The van der Waals surface area contributed by atoms with Crippen LogP contribution in [0.5, 0.6) is 0 Å². The lowest BCUT2D eigenvalue weighted by Crippen LogP contribution is -2.14. The maximum absolute atomic E-state index is 13.7. The van der Waals surface area contributed by atoms with E-state index in [1.807, 2.05) is 6.92 Å². The number of nitrogens with zero attached hydrogens (tertiary/aromatic N) is 2. The van der Waals surface area contributed by atoms with Crippen molar-refractivity contribution in [2.24, 2.45) is 4.99 Å². The quantitative estimate of drug-likeness (QED) is 0.476. The lowest BCUT2D eigenvalue weighted by Gasteiger charge is -2.11. The molecule has 0 saturated carbocycles. The van der Waals surface area contributed by atoms with Crippen molar-refractivity contribution in [1.29, 1.82) is 0 Å². The van der Waals surface area contributed by atoms with Crippen LogP contribution in [0.2, 0.25) is 0 Å². The number of aromatic nitrogens is 1. The number of carbonyl (C=O) groups excluding carboxylic acids is 1. The summed E-state index contributed by atoms with van der Waals surface area (Å²) in [5.41, 5.74) is 0.640. The van der Waals surface area contributed by atoms with Crippen molar-refractivity contribution in [1.82, 2.24) is 4.98 Å². The van der Waals surface area contributed by atoms with E-state index in [-0.39, 0.29) is 12.3 Å². The summed E-state index contributed by atoms with van der Waals surface area (Å²) in [6, 6.07) is 2.65. The Morgan fingerprint density at radius 3 is 2.52 bits per heavy atom. The zero-order chi connectivity index (χ0) is 15.8. The first-order valence-electron chi connectivity index (χ1n) is 6.69. The van der Waals surface area contributed by atoms with Crippen molar-refractivity contribution in [3.8, 4) is 0 Å². The van der Waals surface area contributed by atoms with Crippen LogP contribution in [0, 0.1) is 5.82 Å². The van der Waals surface area contributed by atoms with Gasteiger partial charge >= 0.3 is 5.97 Å².